The van der Waals surface area contributed by atoms with Crippen molar-refractivity contribution in [3.8, 4) is 5.75 Å². The van der Waals surface area contributed by atoms with Gasteiger partial charge >= 0.3 is 12.1 Å². The Morgan fingerprint density at radius 2 is 1.72 bits per heavy atom. The first-order valence-electron chi connectivity index (χ1n) is 13.4. The number of ether oxygens (including phenoxy) is 1. The fraction of sp³-hybridized carbons (Fsp3) is 0.357. The van der Waals surface area contributed by atoms with Gasteiger partial charge < -0.3 is 30.3 Å². The number of aliphatic carboxylic acids is 1. The minimum atomic E-state index is -3.97. The summed E-state index contributed by atoms with van der Waals surface area (Å²) in [6.07, 6.45) is 0.898. The summed E-state index contributed by atoms with van der Waals surface area (Å²) in [6, 6.07) is 7.58. The summed E-state index contributed by atoms with van der Waals surface area (Å²) >= 11 is 0. The molecule has 3 aromatic rings. The number of sulfone groups is 1. The molecule has 0 bridgehead atoms. The predicted molar refractivity (Wildman–Crippen MR) is 157 cm³/mol. The lowest BCUT2D eigenvalue weighted by atomic mass is 10.1. The second-order valence-electron chi connectivity index (χ2n) is 9.57. The highest BCUT2D eigenvalue weighted by molar-refractivity contribution is 7.91. The normalized spacial score (nSPS) is 11.9. The molecule has 0 saturated heterocycles. The Morgan fingerprint density at radius 3 is 2.30 bits per heavy atom. The van der Waals surface area contributed by atoms with Gasteiger partial charge in [0.1, 0.15) is 11.8 Å². The summed E-state index contributed by atoms with van der Waals surface area (Å²) in [5, 5.41) is 15.8. The van der Waals surface area contributed by atoms with Gasteiger partial charge in [-0.25, -0.2) is 31.8 Å². The van der Waals surface area contributed by atoms with Gasteiger partial charge in [0, 0.05) is 40.2 Å². The third kappa shape index (κ3) is 8.98. The van der Waals surface area contributed by atoms with Gasteiger partial charge in [0.2, 0.25) is 5.95 Å². The van der Waals surface area contributed by atoms with Gasteiger partial charge in [-0.15, -0.1) is 0 Å². The molecule has 0 aliphatic carbocycles. The lowest BCUT2D eigenvalue weighted by Crippen LogP contribution is -2.33. The first-order valence-corrected chi connectivity index (χ1v) is 15.0. The number of nitrogens with one attached hydrogen (secondary N) is 2. The van der Waals surface area contributed by atoms with Gasteiger partial charge in [0.25, 0.3) is 0 Å². The van der Waals surface area contributed by atoms with Crippen molar-refractivity contribution in [3.05, 3.63) is 65.9 Å². The van der Waals surface area contributed by atoms with Crippen LogP contribution in [0.25, 0.3) is 0 Å². The number of anilines is 3. The summed E-state index contributed by atoms with van der Waals surface area (Å²) in [5.41, 5.74) is 0.878. The van der Waals surface area contributed by atoms with Crippen LogP contribution in [0.4, 0.5) is 31.0 Å². The zero-order chi connectivity index (χ0) is 31.7. The molecule has 1 heterocycles. The number of hydrogen-bond acceptors (Lipinski definition) is 10. The van der Waals surface area contributed by atoms with E-state index in [9.17, 15) is 31.9 Å². The molecule has 0 spiro atoms. The number of halogens is 2. The molecule has 1 unspecified atom stereocenters. The molecular weight excluding hydrogens is 586 g/mol. The van der Waals surface area contributed by atoms with Gasteiger partial charge in [-0.3, -0.25) is 0 Å². The zero-order valence-corrected chi connectivity index (χ0v) is 25.0. The number of nitrogens with zero attached hydrogens (tertiary/aromatic N) is 4. The molecule has 1 amide bonds. The summed E-state index contributed by atoms with van der Waals surface area (Å²) in [6.45, 7) is 4.84. The van der Waals surface area contributed by atoms with Crippen molar-refractivity contribution < 1.29 is 36.6 Å². The molecule has 1 aromatic heterocycles. The van der Waals surface area contributed by atoms with Gasteiger partial charge in [-0.1, -0.05) is 12.1 Å². The van der Waals surface area contributed by atoms with Gasteiger partial charge in [-0.2, -0.15) is 4.98 Å². The minimum Gasteiger partial charge on any atom is -0.480 e. The maximum absolute atomic E-state index is 13.6. The molecule has 3 rings (SSSR count). The van der Waals surface area contributed by atoms with E-state index in [4.69, 9.17) is 4.74 Å². The van der Waals surface area contributed by atoms with Crippen molar-refractivity contribution in [3.63, 3.8) is 0 Å². The fourth-order valence-corrected chi connectivity index (χ4v) is 5.03. The quantitative estimate of drug-likeness (QED) is 0.226. The van der Waals surface area contributed by atoms with E-state index in [-0.39, 0.29) is 29.4 Å². The van der Waals surface area contributed by atoms with Crippen LogP contribution in [0.1, 0.15) is 19.4 Å². The van der Waals surface area contributed by atoms with Crippen molar-refractivity contribution in [1.29, 1.82) is 0 Å². The van der Waals surface area contributed by atoms with E-state index in [1.54, 1.807) is 38.4 Å². The Morgan fingerprint density at radius 1 is 1.05 bits per heavy atom. The Kier molecular flexibility index (Phi) is 11.2. The summed E-state index contributed by atoms with van der Waals surface area (Å²) in [4.78, 5) is 35.6. The molecule has 0 aliphatic rings. The van der Waals surface area contributed by atoms with Crippen LogP contribution in [0.2, 0.25) is 0 Å². The molecule has 0 radical (unpaired) electrons. The second-order valence-corrected chi connectivity index (χ2v) is 11.7. The molecule has 232 valence electrons. The highest BCUT2D eigenvalue weighted by Gasteiger charge is 2.23. The van der Waals surface area contributed by atoms with Crippen molar-refractivity contribution in [2.45, 2.75) is 31.2 Å². The van der Waals surface area contributed by atoms with Gasteiger partial charge in [0.05, 0.1) is 22.5 Å². The second kappa shape index (κ2) is 14.6. The molecule has 0 fully saturated rings. The van der Waals surface area contributed by atoms with E-state index in [0.717, 1.165) is 12.1 Å². The molecule has 12 nitrogen and oxygen atoms in total. The maximum atomic E-state index is 13.6. The van der Waals surface area contributed by atoms with Crippen molar-refractivity contribution in [2.75, 3.05) is 55.0 Å². The average molecular weight is 621 g/mol. The molecule has 3 N–H and O–H groups in total. The summed E-state index contributed by atoms with van der Waals surface area (Å²) in [7, 11) is -0.874. The number of aromatic nitrogens is 2. The van der Waals surface area contributed by atoms with Crippen molar-refractivity contribution >= 4 is 39.4 Å². The lowest BCUT2D eigenvalue weighted by Gasteiger charge is -2.22. The summed E-state index contributed by atoms with van der Waals surface area (Å²) in [5.74, 6) is -3.30. The number of hydrogen-bond donors (Lipinski definition) is 3. The lowest BCUT2D eigenvalue weighted by molar-refractivity contribution is -0.137. The fourth-order valence-electron chi connectivity index (χ4n) is 3.87. The number of carboxylic acids is 1. The molecule has 43 heavy (non-hydrogen) atoms. The van der Waals surface area contributed by atoms with Crippen LogP contribution in [0.5, 0.6) is 5.75 Å². The maximum Gasteiger partial charge on any atom is 0.414 e. The molecule has 15 heteroatoms. The Labute approximate surface area is 248 Å². The number of carboxylic acid groups (broad SMARTS) is 1. The van der Waals surface area contributed by atoms with E-state index in [1.807, 2.05) is 18.7 Å². The standard InChI is InChI=1S/C28H34F2N6O6S/c1-5-36(6-2)27-32-17-24(31-13-14-43(40,41)20-11-12-21(29)22(30)16-20)25(34-27)33-23(26(37)38)15-18-7-9-19(10-8-18)42-28(39)35(3)4/h7-12,16-17,23,31H,5-6,13-15H2,1-4H3,(H,37,38)(H,32,33,34). The van der Waals surface area contributed by atoms with Crippen LogP contribution in [0.15, 0.2) is 53.6 Å². The van der Waals surface area contributed by atoms with E-state index < -0.39 is 45.3 Å². The highest BCUT2D eigenvalue weighted by Crippen LogP contribution is 2.24. The Balaban J connectivity index is 1.81. The minimum absolute atomic E-state index is 0.0335. The van der Waals surface area contributed by atoms with Gasteiger partial charge in [0.15, 0.2) is 27.3 Å². The Bertz CT molecular complexity index is 1540. The molecule has 0 aliphatic heterocycles. The number of amides is 1. The van der Waals surface area contributed by atoms with Crippen LogP contribution in [-0.2, 0) is 21.1 Å². The van der Waals surface area contributed by atoms with Gasteiger partial charge in [-0.05, 0) is 49.7 Å². The van der Waals surface area contributed by atoms with Crippen molar-refractivity contribution in [2.24, 2.45) is 0 Å². The molecule has 2 aromatic carbocycles. The smallest absolute Gasteiger partial charge is 0.414 e. The first kappa shape index (κ1) is 33.0. The van der Waals surface area contributed by atoms with Crippen LogP contribution in [-0.4, -0.2) is 86.0 Å². The predicted octanol–water partition coefficient (Wildman–Crippen LogP) is 3.66. The number of carbonyl (C=O) groups excluding carboxylic acids is 1. The summed E-state index contributed by atoms with van der Waals surface area (Å²) < 4.78 is 57.4. The molecule has 1 atom stereocenters. The SMILES string of the molecule is CCN(CC)c1ncc(NCCS(=O)(=O)c2ccc(F)c(F)c2)c(NC(Cc2ccc(OC(=O)N(C)C)cc2)C(=O)O)n1. The number of rotatable bonds is 14. The van der Waals surface area contributed by atoms with E-state index in [0.29, 0.717) is 36.4 Å². The Hall–Kier alpha value is -4.53. The topological polar surface area (TPSA) is 154 Å². The third-order valence-corrected chi connectivity index (χ3v) is 8.02. The third-order valence-electron chi connectivity index (χ3n) is 6.30. The molecular formula is C28H34F2N6O6S. The van der Waals surface area contributed by atoms with E-state index in [1.165, 1.54) is 11.1 Å². The van der Waals surface area contributed by atoms with Crippen molar-refractivity contribution in [1.82, 2.24) is 14.9 Å². The van der Waals surface area contributed by atoms with Crippen LogP contribution >= 0.6 is 0 Å². The van der Waals surface area contributed by atoms with Crippen LogP contribution < -0.4 is 20.3 Å². The van der Waals surface area contributed by atoms with E-state index >= 15 is 0 Å². The van der Waals surface area contributed by atoms with Crippen LogP contribution in [0.3, 0.4) is 0 Å². The number of benzene rings is 2. The van der Waals surface area contributed by atoms with E-state index in [2.05, 4.69) is 20.6 Å². The first-order chi connectivity index (χ1) is 20.3. The largest absolute Gasteiger partial charge is 0.480 e. The average Bonchev–Trinajstić information content (AvgIpc) is 2.96. The molecule has 0 saturated carbocycles. The highest BCUT2D eigenvalue weighted by atomic mass is 32.2. The number of carbonyl (C=O) groups is 2. The monoisotopic (exact) mass is 620 g/mol. The zero-order valence-electron chi connectivity index (χ0n) is 24.2. The van der Waals surface area contributed by atoms with Crippen LogP contribution in [0, 0.1) is 11.6 Å².